The van der Waals surface area contributed by atoms with Gasteiger partial charge in [0, 0.05) is 13.5 Å². The number of rotatable bonds is 6. The number of nitrogens with one attached hydrogen (secondary N) is 1. The van der Waals surface area contributed by atoms with Gasteiger partial charge in [0.25, 0.3) is 5.91 Å². The number of carbonyl (C=O) groups excluding carboxylic acids is 1. The molecule has 1 atom stereocenters. The fourth-order valence-electron chi connectivity index (χ4n) is 2.71. The number of amides is 1. The van der Waals surface area contributed by atoms with Crippen molar-refractivity contribution in [2.24, 2.45) is 0 Å². The third-order valence-corrected chi connectivity index (χ3v) is 3.99. The molecule has 24 heavy (non-hydrogen) atoms. The van der Waals surface area contributed by atoms with E-state index in [0.29, 0.717) is 30.6 Å². The van der Waals surface area contributed by atoms with E-state index in [1.54, 1.807) is 7.05 Å². The Bertz CT molecular complexity index is 701. The van der Waals surface area contributed by atoms with E-state index in [-0.39, 0.29) is 5.91 Å². The Kier molecular flexibility index (Phi) is 4.98. The van der Waals surface area contributed by atoms with E-state index in [2.05, 4.69) is 22.4 Å². The molecule has 1 aromatic carbocycles. The van der Waals surface area contributed by atoms with Gasteiger partial charge in [-0.15, -0.1) is 0 Å². The molecular weight excluding hydrogens is 308 g/mol. The van der Waals surface area contributed by atoms with Crippen molar-refractivity contribution in [2.75, 3.05) is 18.5 Å². The molecule has 1 aromatic heterocycles. The number of nitrogens with zero attached hydrogens (tertiary/aromatic N) is 3. The van der Waals surface area contributed by atoms with Crippen molar-refractivity contribution in [1.29, 1.82) is 0 Å². The minimum absolute atomic E-state index is 0.147. The first kappa shape index (κ1) is 16.3. The molecule has 0 aliphatic carbocycles. The number of hydrogen-bond acceptors (Lipinski definition) is 6. The van der Waals surface area contributed by atoms with E-state index >= 15 is 0 Å². The molecule has 0 unspecified atom stereocenters. The zero-order valence-electron chi connectivity index (χ0n) is 14.0. The van der Waals surface area contributed by atoms with Crippen molar-refractivity contribution in [3.8, 4) is 5.75 Å². The fourth-order valence-corrected chi connectivity index (χ4v) is 2.71. The van der Waals surface area contributed by atoms with Crippen LogP contribution in [0.25, 0.3) is 0 Å². The molecule has 7 heteroatoms. The molecular formula is C17H22N4O3. The van der Waals surface area contributed by atoms with Crippen LogP contribution in [0.2, 0.25) is 0 Å². The van der Waals surface area contributed by atoms with Crippen LogP contribution in [-0.4, -0.2) is 35.7 Å². The van der Waals surface area contributed by atoms with Crippen molar-refractivity contribution >= 4 is 11.6 Å². The van der Waals surface area contributed by atoms with Crippen molar-refractivity contribution in [1.82, 2.24) is 15.5 Å². The van der Waals surface area contributed by atoms with Gasteiger partial charge in [-0.25, -0.2) is 0 Å². The summed E-state index contributed by atoms with van der Waals surface area (Å²) in [5.41, 5.74) is 0.928. The van der Waals surface area contributed by atoms with Gasteiger partial charge in [-0.1, -0.05) is 30.6 Å². The number of para-hydroxylation sites is 2. The quantitative estimate of drug-likeness (QED) is 0.872. The van der Waals surface area contributed by atoms with Crippen LogP contribution in [0.4, 0.5) is 5.69 Å². The first-order valence-electron chi connectivity index (χ1n) is 8.25. The summed E-state index contributed by atoms with van der Waals surface area (Å²) in [5.74, 6) is 1.82. The van der Waals surface area contributed by atoms with Crippen molar-refractivity contribution in [2.45, 2.75) is 38.8 Å². The lowest BCUT2D eigenvalue weighted by Crippen LogP contribution is -2.48. The number of likely N-dealkylation sites (N-methyl/N-ethyl adjacent to an activating group) is 1. The summed E-state index contributed by atoms with van der Waals surface area (Å²) in [7, 11) is 1.61. The molecule has 0 spiro atoms. The summed E-state index contributed by atoms with van der Waals surface area (Å²) in [4.78, 5) is 18.5. The van der Waals surface area contributed by atoms with Crippen LogP contribution in [0.1, 0.15) is 31.5 Å². The maximum atomic E-state index is 12.0. The average molecular weight is 330 g/mol. The van der Waals surface area contributed by atoms with E-state index in [9.17, 15) is 4.79 Å². The molecule has 0 fully saturated rings. The summed E-state index contributed by atoms with van der Waals surface area (Å²) in [6.07, 6.45) is 2.35. The normalized spacial score (nSPS) is 16.4. The van der Waals surface area contributed by atoms with Gasteiger partial charge in [-0.05, 0) is 18.6 Å². The molecule has 128 valence electrons. The summed E-state index contributed by atoms with van der Waals surface area (Å²) in [6, 6.07) is 7.66. The molecule has 0 saturated heterocycles. The van der Waals surface area contributed by atoms with E-state index in [1.807, 2.05) is 29.2 Å². The number of aryl methyl sites for hydroxylation is 1. The van der Waals surface area contributed by atoms with E-state index in [4.69, 9.17) is 9.26 Å². The van der Waals surface area contributed by atoms with Crippen LogP contribution in [0, 0.1) is 0 Å². The van der Waals surface area contributed by atoms with Crippen molar-refractivity contribution in [3.63, 3.8) is 0 Å². The highest BCUT2D eigenvalue weighted by atomic mass is 16.5. The van der Waals surface area contributed by atoms with Gasteiger partial charge in [0.1, 0.15) is 5.75 Å². The van der Waals surface area contributed by atoms with Gasteiger partial charge in [0.2, 0.25) is 5.89 Å². The first-order valence-corrected chi connectivity index (χ1v) is 8.25. The van der Waals surface area contributed by atoms with Crippen LogP contribution in [0.5, 0.6) is 5.75 Å². The number of unbranched alkanes of at least 4 members (excludes halogenated alkanes) is 1. The van der Waals surface area contributed by atoms with E-state index < -0.39 is 6.10 Å². The number of fused-ring (bicyclic) bond motifs is 1. The largest absolute Gasteiger partial charge is 0.477 e. The van der Waals surface area contributed by atoms with Gasteiger partial charge in [-0.3, -0.25) is 4.79 Å². The van der Waals surface area contributed by atoms with E-state index in [1.165, 1.54) is 0 Å². The Morgan fingerprint density at radius 3 is 3.04 bits per heavy atom. The Hall–Kier alpha value is -2.57. The van der Waals surface area contributed by atoms with Gasteiger partial charge in [0.15, 0.2) is 11.9 Å². The fraction of sp³-hybridized carbons (Fsp3) is 0.471. The summed E-state index contributed by atoms with van der Waals surface area (Å²) < 4.78 is 11.1. The molecule has 2 heterocycles. The summed E-state index contributed by atoms with van der Waals surface area (Å²) in [6.45, 7) is 3.04. The molecule has 2 aromatic rings. The Morgan fingerprint density at radius 1 is 1.42 bits per heavy atom. The molecule has 0 saturated carbocycles. The second-order valence-electron chi connectivity index (χ2n) is 5.78. The third-order valence-electron chi connectivity index (χ3n) is 3.99. The smallest absolute Gasteiger partial charge is 0.262 e. The minimum Gasteiger partial charge on any atom is -0.477 e. The van der Waals surface area contributed by atoms with Gasteiger partial charge < -0.3 is 19.5 Å². The van der Waals surface area contributed by atoms with Crippen LogP contribution in [-0.2, 0) is 17.8 Å². The molecule has 1 aliphatic heterocycles. The number of carbonyl (C=O) groups is 1. The highest BCUT2D eigenvalue weighted by Gasteiger charge is 2.30. The molecule has 0 bridgehead atoms. The second-order valence-corrected chi connectivity index (χ2v) is 5.78. The van der Waals surface area contributed by atoms with Crippen LogP contribution in [0.3, 0.4) is 0 Å². The monoisotopic (exact) mass is 330 g/mol. The third kappa shape index (κ3) is 3.50. The lowest BCUT2D eigenvalue weighted by atomic mass is 10.1. The molecule has 1 amide bonds. The molecule has 1 N–H and O–H groups in total. The Balaban J connectivity index is 1.78. The van der Waals surface area contributed by atoms with Crippen LogP contribution < -0.4 is 15.0 Å². The SMILES string of the molecule is CCCCc1nc(CN2C[C@@H](C(=O)NC)Oc3ccccc32)no1. The molecule has 3 rings (SSSR count). The molecule has 1 aliphatic rings. The zero-order valence-corrected chi connectivity index (χ0v) is 14.0. The maximum absolute atomic E-state index is 12.0. The predicted octanol–water partition coefficient (Wildman–Crippen LogP) is 1.93. The maximum Gasteiger partial charge on any atom is 0.262 e. The number of ether oxygens (including phenoxy) is 1. The van der Waals surface area contributed by atoms with Crippen molar-refractivity contribution in [3.05, 3.63) is 36.0 Å². The number of benzene rings is 1. The second kappa shape index (κ2) is 7.33. The number of hydrogen-bond donors (Lipinski definition) is 1. The Morgan fingerprint density at radius 2 is 2.25 bits per heavy atom. The number of anilines is 1. The summed E-state index contributed by atoms with van der Waals surface area (Å²) >= 11 is 0. The topological polar surface area (TPSA) is 80.5 Å². The molecule has 0 radical (unpaired) electrons. The standard InChI is InChI=1S/C17H22N4O3/c1-3-4-9-16-19-15(20-24-16)11-21-10-14(17(22)18-2)23-13-8-6-5-7-12(13)21/h5-8,14H,3-4,9-11H2,1-2H3,(H,18,22)/t14-/m0/s1. The summed E-state index contributed by atoms with van der Waals surface area (Å²) in [5, 5.41) is 6.69. The number of aromatic nitrogens is 2. The minimum atomic E-state index is -0.559. The van der Waals surface area contributed by atoms with Gasteiger partial charge >= 0.3 is 0 Å². The first-order chi connectivity index (χ1) is 11.7. The van der Waals surface area contributed by atoms with E-state index in [0.717, 1.165) is 24.9 Å². The predicted molar refractivity (Wildman–Crippen MR) is 88.9 cm³/mol. The molecule has 7 nitrogen and oxygen atoms in total. The average Bonchev–Trinajstić information content (AvgIpc) is 3.06. The van der Waals surface area contributed by atoms with Gasteiger partial charge in [0.05, 0.1) is 18.8 Å². The lowest BCUT2D eigenvalue weighted by Gasteiger charge is -2.34. The zero-order chi connectivity index (χ0) is 16.9. The highest BCUT2D eigenvalue weighted by Crippen LogP contribution is 2.33. The van der Waals surface area contributed by atoms with Crippen LogP contribution in [0.15, 0.2) is 28.8 Å². The van der Waals surface area contributed by atoms with Crippen molar-refractivity contribution < 1.29 is 14.1 Å². The van der Waals surface area contributed by atoms with Crippen LogP contribution >= 0.6 is 0 Å². The lowest BCUT2D eigenvalue weighted by molar-refractivity contribution is -0.127. The van der Waals surface area contributed by atoms with Gasteiger partial charge in [-0.2, -0.15) is 4.98 Å². The Labute approximate surface area is 141 Å². The highest BCUT2D eigenvalue weighted by molar-refractivity contribution is 5.83.